The lowest BCUT2D eigenvalue weighted by Gasteiger charge is -2.32. The van der Waals surface area contributed by atoms with E-state index in [0.717, 1.165) is 59.3 Å². The van der Waals surface area contributed by atoms with E-state index >= 15 is 0 Å². The highest BCUT2D eigenvalue weighted by Gasteiger charge is 2.21. The first kappa shape index (κ1) is 24.3. The van der Waals surface area contributed by atoms with Crippen molar-refractivity contribution in [2.75, 3.05) is 13.1 Å². The number of likely N-dealkylation sites (tertiary alicyclic amines) is 1. The maximum Gasteiger partial charge on any atom is 0.251 e. The third kappa shape index (κ3) is 5.40. The number of rotatable bonds is 6. The summed E-state index contributed by atoms with van der Waals surface area (Å²) in [5, 5.41) is 16.4. The molecule has 0 spiro atoms. The lowest BCUT2D eigenvalue weighted by molar-refractivity contribution is 0.130. The number of hydrogen-bond donors (Lipinski definition) is 3. The third-order valence-corrected chi connectivity index (χ3v) is 6.98. The van der Waals surface area contributed by atoms with Crippen LogP contribution in [0.2, 0.25) is 0 Å². The first-order valence-electron chi connectivity index (χ1n) is 12.5. The van der Waals surface area contributed by atoms with Crippen molar-refractivity contribution >= 4 is 22.6 Å². The zero-order valence-electron chi connectivity index (χ0n) is 20.9. The van der Waals surface area contributed by atoms with Gasteiger partial charge in [-0.3, -0.25) is 15.6 Å². The van der Waals surface area contributed by atoms with Crippen LogP contribution in [0, 0.1) is 10.8 Å². The number of nitrogens with two attached hydrogens (primary N) is 1. The van der Waals surface area contributed by atoms with Crippen LogP contribution in [-0.4, -0.2) is 40.3 Å². The number of pyridine rings is 1. The molecule has 5 rings (SSSR count). The predicted octanol–water partition coefficient (Wildman–Crippen LogP) is 4.84. The van der Waals surface area contributed by atoms with Gasteiger partial charge in [0.2, 0.25) is 0 Å². The Morgan fingerprint density at radius 2 is 1.70 bits per heavy atom. The third-order valence-electron chi connectivity index (χ3n) is 6.98. The number of piperidine rings is 1. The van der Waals surface area contributed by atoms with E-state index < -0.39 is 0 Å². The van der Waals surface area contributed by atoms with Crippen LogP contribution in [0.4, 0.5) is 0 Å². The molecule has 0 amide bonds. The minimum atomic E-state index is -0.0474. The molecule has 7 heteroatoms. The van der Waals surface area contributed by atoms with Crippen LogP contribution in [0.3, 0.4) is 0 Å². The number of amidine groups is 2. The Bertz CT molecular complexity index is 1520. The van der Waals surface area contributed by atoms with Crippen molar-refractivity contribution in [1.29, 1.82) is 10.8 Å². The molecule has 0 saturated carbocycles. The highest BCUT2D eigenvalue weighted by Crippen LogP contribution is 2.25. The molecule has 1 saturated heterocycles. The number of hydrogen-bond acceptors (Lipinski definition) is 4. The lowest BCUT2D eigenvalue weighted by Crippen LogP contribution is -2.40. The Morgan fingerprint density at radius 3 is 2.41 bits per heavy atom. The highest BCUT2D eigenvalue weighted by atomic mass is 16.5. The Labute approximate surface area is 216 Å². The molecular weight excluding hydrogens is 462 g/mol. The molecule has 4 N–H and O–H groups in total. The van der Waals surface area contributed by atoms with Crippen LogP contribution in [0.25, 0.3) is 22.0 Å². The quantitative estimate of drug-likeness (QED) is 0.264. The van der Waals surface area contributed by atoms with Gasteiger partial charge in [-0.05, 0) is 53.9 Å². The molecule has 1 aliphatic heterocycles. The summed E-state index contributed by atoms with van der Waals surface area (Å²) in [6, 6.07) is 25.1. The average molecular weight is 494 g/mol. The van der Waals surface area contributed by atoms with Gasteiger partial charge in [0, 0.05) is 42.9 Å². The monoisotopic (exact) mass is 493 g/mol. The molecule has 0 aliphatic carbocycles. The molecule has 1 fully saturated rings. The van der Waals surface area contributed by atoms with Crippen LogP contribution in [-0.2, 0) is 6.54 Å². The van der Waals surface area contributed by atoms with E-state index in [1.807, 2.05) is 79.7 Å². The van der Waals surface area contributed by atoms with Crippen LogP contribution < -0.4 is 16.0 Å². The standard InChI is InChI=1S/C30H31N5O2/c1-20(31)34-15-13-26(14-16-34)37-27-10-11-28-24(18-27)9-12-29(36)35(28)19-21-5-7-22(8-6-21)23-3-2-4-25(17-23)30(32)33/h2-12,17-18,26,31H,13-16,19H2,1H3,(H3,32,33). The number of nitrogens with zero attached hydrogens (tertiary/aromatic N) is 2. The fraction of sp³-hybridized carbons (Fsp3) is 0.233. The average Bonchev–Trinajstić information content (AvgIpc) is 2.91. The number of nitrogens with one attached hydrogen (secondary N) is 2. The van der Waals surface area contributed by atoms with Crippen LogP contribution in [0.5, 0.6) is 5.75 Å². The predicted molar refractivity (Wildman–Crippen MR) is 149 cm³/mol. The number of benzene rings is 3. The maximum absolute atomic E-state index is 12.8. The van der Waals surface area contributed by atoms with Crippen molar-refractivity contribution in [1.82, 2.24) is 9.47 Å². The van der Waals surface area contributed by atoms with E-state index in [1.54, 1.807) is 10.6 Å². The van der Waals surface area contributed by atoms with E-state index in [2.05, 4.69) is 4.90 Å². The van der Waals surface area contributed by atoms with Crippen molar-refractivity contribution < 1.29 is 4.74 Å². The van der Waals surface area contributed by atoms with E-state index in [1.165, 1.54) is 0 Å². The van der Waals surface area contributed by atoms with Crippen molar-refractivity contribution in [3.63, 3.8) is 0 Å². The Morgan fingerprint density at radius 1 is 0.946 bits per heavy atom. The summed E-state index contributed by atoms with van der Waals surface area (Å²) in [6.07, 6.45) is 1.92. The second-order valence-electron chi connectivity index (χ2n) is 9.56. The Balaban J connectivity index is 1.33. The zero-order valence-corrected chi connectivity index (χ0v) is 20.9. The van der Waals surface area contributed by atoms with E-state index in [9.17, 15) is 4.79 Å². The van der Waals surface area contributed by atoms with Crippen molar-refractivity contribution in [3.05, 3.63) is 100 Å². The maximum atomic E-state index is 12.8. The molecule has 0 unspecified atom stereocenters. The normalized spacial score (nSPS) is 14.0. The van der Waals surface area contributed by atoms with Gasteiger partial charge in [0.15, 0.2) is 0 Å². The molecule has 4 aromatic rings. The minimum Gasteiger partial charge on any atom is -0.490 e. The second kappa shape index (κ2) is 10.3. The summed E-state index contributed by atoms with van der Waals surface area (Å²) < 4.78 is 8.04. The summed E-state index contributed by atoms with van der Waals surface area (Å²) in [7, 11) is 0. The topological polar surface area (TPSA) is 108 Å². The first-order chi connectivity index (χ1) is 17.9. The summed E-state index contributed by atoms with van der Waals surface area (Å²) in [6.45, 7) is 3.97. The van der Waals surface area contributed by atoms with E-state index in [4.69, 9.17) is 21.3 Å². The molecular formula is C30H31N5O2. The van der Waals surface area contributed by atoms with Gasteiger partial charge in [0.05, 0.1) is 17.9 Å². The molecule has 3 aromatic carbocycles. The molecule has 1 aliphatic rings. The van der Waals surface area contributed by atoms with Crippen molar-refractivity contribution in [2.24, 2.45) is 5.73 Å². The fourth-order valence-corrected chi connectivity index (χ4v) is 4.87. The Hall–Kier alpha value is -4.39. The smallest absolute Gasteiger partial charge is 0.251 e. The molecule has 37 heavy (non-hydrogen) atoms. The Kier molecular flexibility index (Phi) is 6.77. The number of fused-ring (bicyclic) bond motifs is 1. The highest BCUT2D eigenvalue weighted by molar-refractivity contribution is 5.96. The lowest BCUT2D eigenvalue weighted by atomic mass is 10.0. The van der Waals surface area contributed by atoms with Crippen LogP contribution >= 0.6 is 0 Å². The van der Waals surface area contributed by atoms with Gasteiger partial charge in [0.25, 0.3) is 5.56 Å². The van der Waals surface area contributed by atoms with Crippen LogP contribution in [0.15, 0.2) is 83.7 Å². The largest absolute Gasteiger partial charge is 0.490 e. The number of ether oxygens (including phenoxy) is 1. The minimum absolute atomic E-state index is 0.0469. The molecule has 188 valence electrons. The van der Waals surface area contributed by atoms with E-state index in [-0.39, 0.29) is 17.5 Å². The summed E-state index contributed by atoms with van der Waals surface area (Å²) in [5.74, 6) is 1.46. The first-order valence-corrected chi connectivity index (χ1v) is 12.5. The van der Waals surface area contributed by atoms with Crippen molar-refractivity contribution in [2.45, 2.75) is 32.4 Å². The van der Waals surface area contributed by atoms with Gasteiger partial charge in [-0.15, -0.1) is 0 Å². The summed E-state index contributed by atoms with van der Waals surface area (Å²) in [5.41, 5.74) is 10.2. The SMILES string of the molecule is CC(=N)N1CCC(Oc2ccc3c(ccc(=O)n3Cc3ccc(-c4cccc(C(=N)N)c4)cc3)c2)CC1. The van der Waals surface area contributed by atoms with Gasteiger partial charge < -0.3 is 19.9 Å². The molecule has 1 aromatic heterocycles. The molecule has 0 radical (unpaired) electrons. The van der Waals surface area contributed by atoms with Gasteiger partial charge in [-0.1, -0.05) is 42.5 Å². The molecule has 2 heterocycles. The van der Waals surface area contributed by atoms with E-state index in [0.29, 0.717) is 17.9 Å². The molecule has 0 bridgehead atoms. The number of aromatic nitrogens is 1. The van der Waals surface area contributed by atoms with Gasteiger partial charge >= 0.3 is 0 Å². The van der Waals surface area contributed by atoms with Gasteiger partial charge in [0.1, 0.15) is 17.7 Å². The van der Waals surface area contributed by atoms with Crippen molar-refractivity contribution in [3.8, 4) is 16.9 Å². The van der Waals surface area contributed by atoms with Crippen LogP contribution in [0.1, 0.15) is 30.9 Å². The zero-order chi connectivity index (χ0) is 25.9. The second-order valence-corrected chi connectivity index (χ2v) is 9.56. The summed E-state index contributed by atoms with van der Waals surface area (Å²) >= 11 is 0. The van der Waals surface area contributed by atoms with Gasteiger partial charge in [-0.25, -0.2) is 0 Å². The van der Waals surface area contributed by atoms with Gasteiger partial charge in [-0.2, -0.15) is 0 Å². The summed E-state index contributed by atoms with van der Waals surface area (Å²) in [4.78, 5) is 14.9. The fourth-order valence-electron chi connectivity index (χ4n) is 4.87. The number of nitrogen functional groups attached to an aromatic ring is 1. The molecule has 0 atom stereocenters. The molecule has 7 nitrogen and oxygen atoms in total.